The van der Waals surface area contributed by atoms with Crippen molar-refractivity contribution in [3.8, 4) is 0 Å². The lowest BCUT2D eigenvalue weighted by molar-refractivity contribution is -0.164. The van der Waals surface area contributed by atoms with Crippen LogP contribution in [0.4, 0.5) is 4.39 Å². The predicted octanol–water partition coefficient (Wildman–Crippen LogP) is 1.55. The van der Waals surface area contributed by atoms with Gasteiger partial charge >= 0.3 is 0 Å². The summed E-state index contributed by atoms with van der Waals surface area (Å²) in [6.07, 6.45) is -0.794. The van der Waals surface area contributed by atoms with Gasteiger partial charge in [-0.05, 0) is 37.5 Å². The summed E-state index contributed by atoms with van der Waals surface area (Å²) in [5.74, 6) is -0.544. The van der Waals surface area contributed by atoms with Gasteiger partial charge in [0.05, 0.1) is 18.8 Å². The van der Waals surface area contributed by atoms with Crippen LogP contribution in [0.15, 0.2) is 24.3 Å². The molecule has 5 nitrogen and oxygen atoms in total. The van der Waals surface area contributed by atoms with E-state index in [-0.39, 0.29) is 24.2 Å². The van der Waals surface area contributed by atoms with Crippen molar-refractivity contribution in [2.24, 2.45) is 0 Å². The van der Waals surface area contributed by atoms with Gasteiger partial charge in [0.1, 0.15) is 5.82 Å². The lowest BCUT2D eigenvalue weighted by Gasteiger charge is -2.22. The molecule has 0 spiro atoms. The minimum atomic E-state index is -1.17. The minimum Gasteiger partial charge on any atom is -0.388 e. The number of aliphatic hydroxyl groups excluding tert-OH is 2. The molecule has 1 aromatic rings. The van der Waals surface area contributed by atoms with Crippen LogP contribution in [0.5, 0.6) is 0 Å². The molecule has 1 unspecified atom stereocenters. The van der Waals surface area contributed by atoms with E-state index < -0.39 is 12.5 Å². The molecule has 6 heteroatoms. The summed E-state index contributed by atoms with van der Waals surface area (Å²) in [6.45, 7) is 2.13. The van der Waals surface area contributed by atoms with E-state index in [9.17, 15) is 19.4 Å². The Labute approximate surface area is 122 Å². The van der Waals surface area contributed by atoms with Crippen LogP contribution >= 0.6 is 0 Å². The third-order valence-electron chi connectivity index (χ3n) is 3.61. The molecular formula is C15H20FNO4. The normalized spacial score (nSPS) is 23.3. The molecule has 0 bridgehead atoms. The van der Waals surface area contributed by atoms with Gasteiger partial charge in [-0.1, -0.05) is 12.1 Å². The van der Waals surface area contributed by atoms with E-state index in [4.69, 9.17) is 4.74 Å². The van der Waals surface area contributed by atoms with Gasteiger partial charge < -0.3 is 14.9 Å². The van der Waals surface area contributed by atoms with Crippen LogP contribution in [-0.2, 0) is 9.53 Å². The number of nitrogens with zero attached hydrogens (tertiary/aromatic N) is 1. The molecule has 1 heterocycles. The molecule has 2 N–H and O–H groups in total. The summed E-state index contributed by atoms with van der Waals surface area (Å²) in [5.41, 5.74) is 0.627. The fourth-order valence-corrected chi connectivity index (χ4v) is 2.40. The first-order valence-electron chi connectivity index (χ1n) is 7.03. The number of hydrogen-bond acceptors (Lipinski definition) is 4. The Kier molecular flexibility index (Phi) is 5.27. The zero-order valence-electron chi connectivity index (χ0n) is 11.9. The number of benzene rings is 1. The number of rotatable bonds is 5. The van der Waals surface area contributed by atoms with Gasteiger partial charge in [-0.15, -0.1) is 0 Å². The molecule has 0 aliphatic carbocycles. The van der Waals surface area contributed by atoms with Crippen LogP contribution in [0.3, 0.4) is 0 Å². The molecule has 1 aliphatic heterocycles. The fraction of sp³-hybridized carbons (Fsp3) is 0.533. The Morgan fingerprint density at radius 3 is 2.71 bits per heavy atom. The highest BCUT2D eigenvalue weighted by atomic mass is 19.1. The van der Waals surface area contributed by atoms with Gasteiger partial charge in [-0.25, -0.2) is 4.39 Å². The first-order chi connectivity index (χ1) is 9.99. The molecule has 3 atom stereocenters. The van der Waals surface area contributed by atoms with Gasteiger partial charge in [-0.3, -0.25) is 9.69 Å². The summed E-state index contributed by atoms with van der Waals surface area (Å²) < 4.78 is 17.8. The highest BCUT2D eigenvalue weighted by molar-refractivity contribution is 5.76. The van der Waals surface area contributed by atoms with Gasteiger partial charge in [0.25, 0.3) is 0 Å². The second-order valence-electron chi connectivity index (χ2n) is 5.27. The number of halogens is 1. The molecule has 2 rings (SSSR count). The van der Waals surface area contributed by atoms with Crippen molar-refractivity contribution in [1.82, 2.24) is 4.90 Å². The maximum absolute atomic E-state index is 12.8. The smallest absolute Gasteiger partial charge is 0.240 e. The number of aliphatic hydroxyl groups is 2. The van der Waals surface area contributed by atoms with E-state index in [1.54, 1.807) is 0 Å². The molecule has 0 radical (unpaired) electrons. The third-order valence-corrected chi connectivity index (χ3v) is 3.61. The van der Waals surface area contributed by atoms with Crippen molar-refractivity contribution in [2.45, 2.75) is 44.7 Å². The molecule has 1 aromatic carbocycles. The summed E-state index contributed by atoms with van der Waals surface area (Å²) in [6, 6.07) is 5.51. The molecule has 1 aliphatic rings. The van der Waals surface area contributed by atoms with Crippen LogP contribution in [0.1, 0.15) is 37.9 Å². The van der Waals surface area contributed by atoms with Gasteiger partial charge in [0.15, 0.2) is 0 Å². The summed E-state index contributed by atoms with van der Waals surface area (Å²) in [4.78, 5) is 13.3. The summed E-state index contributed by atoms with van der Waals surface area (Å²) in [5, 5.41) is 19.5. The van der Waals surface area contributed by atoms with Crippen LogP contribution in [0, 0.1) is 5.82 Å². The Morgan fingerprint density at radius 2 is 2.14 bits per heavy atom. The number of amides is 1. The number of ether oxygens (including phenoxy) is 1. The molecule has 0 aromatic heterocycles. The number of hydrogen-bond donors (Lipinski definition) is 2. The van der Waals surface area contributed by atoms with Crippen molar-refractivity contribution in [1.29, 1.82) is 0 Å². The van der Waals surface area contributed by atoms with Crippen molar-refractivity contribution < 1.29 is 24.1 Å². The Balaban J connectivity index is 1.78. The van der Waals surface area contributed by atoms with E-state index in [1.807, 2.05) is 6.92 Å². The molecular weight excluding hydrogens is 277 g/mol. The van der Waals surface area contributed by atoms with Gasteiger partial charge in [0.2, 0.25) is 12.3 Å². The highest BCUT2D eigenvalue weighted by Gasteiger charge is 2.33. The zero-order valence-corrected chi connectivity index (χ0v) is 11.9. The van der Waals surface area contributed by atoms with Crippen LogP contribution in [0.25, 0.3) is 0 Å². The lowest BCUT2D eigenvalue weighted by atomic mass is 10.0. The van der Waals surface area contributed by atoms with Crippen molar-refractivity contribution >= 4 is 5.91 Å². The molecule has 116 valence electrons. The van der Waals surface area contributed by atoms with Crippen molar-refractivity contribution in [3.63, 3.8) is 0 Å². The van der Waals surface area contributed by atoms with Crippen molar-refractivity contribution in [2.75, 3.05) is 6.61 Å². The zero-order chi connectivity index (χ0) is 15.4. The van der Waals surface area contributed by atoms with Crippen LogP contribution in [0.2, 0.25) is 0 Å². The van der Waals surface area contributed by atoms with Gasteiger partial charge in [-0.2, -0.15) is 0 Å². The summed E-state index contributed by atoms with van der Waals surface area (Å²) >= 11 is 0. The molecule has 21 heavy (non-hydrogen) atoms. The van der Waals surface area contributed by atoms with E-state index >= 15 is 0 Å². The minimum absolute atomic E-state index is 0.144. The lowest BCUT2D eigenvalue weighted by Crippen LogP contribution is -2.40. The van der Waals surface area contributed by atoms with E-state index in [1.165, 1.54) is 29.2 Å². The fourth-order valence-electron chi connectivity index (χ4n) is 2.40. The topological polar surface area (TPSA) is 70.0 Å². The molecule has 0 saturated carbocycles. The highest BCUT2D eigenvalue weighted by Crippen LogP contribution is 2.21. The number of carbonyl (C=O) groups is 1. The monoisotopic (exact) mass is 297 g/mol. The quantitative estimate of drug-likeness (QED) is 0.865. The third kappa shape index (κ3) is 4.00. The first kappa shape index (κ1) is 15.9. The average Bonchev–Trinajstić information content (AvgIpc) is 2.78. The molecule has 1 amide bonds. The van der Waals surface area contributed by atoms with E-state index in [0.29, 0.717) is 25.0 Å². The maximum Gasteiger partial charge on any atom is 0.240 e. The molecule has 1 fully saturated rings. The molecule has 1 saturated heterocycles. The standard InChI is InChI=1S/C15H20FNO4/c1-10-9-21-15(20)17(10)14(19)4-2-3-13(18)11-5-7-12(16)8-6-11/h5-8,10,13,15,18,20H,2-4,9H2,1H3/t10-,13-,15?/m0/s1. The largest absolute Gasteiger partial charge is 0.388 e. The Bertz CT molecular complexity index is 469. The van der Waals surface area contributed by atoms with Crippen LogP contribution in [-0.4, -0.2) is 40.1 Å². The SMILES string of the molecule is C[C@H]1COC(O)N1C(=O)CCC[C@H](O)c1ccc(F)cc1. The van der Waals surface area contributed by atoms with Crippen LogP contribution < -0.4 is 0 Å². The van der Waals surface area contributed by atoms with E-state index in [2.05, 4.69) is 0 Å². The Morgan fingerprint density at radius 1 is 1.48 bits per heavy atom. The van der Waals surface area contributed by atoms with Gasteiger partial charge in [0, 0.05) is 6.42 Å². The van der Waals surface area contributed by atoms with E-state index in [0.717, 1.165) is 0 Å². The summed E-state index contributed by atoms with van der Waals surface area (Å²) in [7, 11) is 0. The maximum atomic E-state index is 12.8. The second-order valence-corrected chi connectivity index (χ2v) is 5.27. The average molecular weight is 297 g/mol. The second kappa shape index (κ2) is 6.98. The number of carbonyl (C=O) groups excluding carboxylic acids is 1. The predicted molar refractivity (Wildman–Crippen MR) is 73.5 cm³/mol. The van der Waals surface area contributed by atoms with Crippen molar-refractivity contribution in [3.05, 3.63) is 35.6 Å². The Hall–Kier alpha value is -1.50. The first-order valence-corrected chi connectivity index (χ1v) is 7.03.